The highest BCUT2D eigenvalue weighted by Gasteiger charge is 2.38. The molecule has 0 amide bonds. The van der Waals surface area contributed by atoms with Gasteiger partial charge in [0, 0.05) is 19.2 Å². The molecule has 2 saturated carbocycles. The van der Waals surface area contributed by atoms with E-state index < -0.39 is 0 Å². The van der Waals surface area contributed by atoms with Crippen LogP contribution in [0.4, 0.5) is 0 Å². The van der Waals surface area contributed by atoms with Crippen LogP contribution in [0.5, 0.6) is 0 Å². The molecule has 2 nitrogen and oxygen atoms in total. The topological polar surface area (TPSA) is 21.3 Å². The van der Waals surface area contributed by atoms with E-state index in [9.17, 15) is 0 Å². The zero-order valence-electron chi connectivity index (χ0n) is 7.34. The molecular weight excluding hydrogens is 138 g/mol. The summed E-state index contributed by atoms with van der Waals surface area (Å²) in [6.07, 6.45) is 4.37. The van der Waals surface area contributed by atoms with Crippen LogP contribution >= 0.6 is 0 Å². The van der Waals surface area contributed by atoms with Crippen molar-refractivity contribution < 1.29 is 4.74 Å². The van der Waals surface area contributed by atoms with Crippen LogP contribution in [0.1, 0.15) is 26.2 Å². The van der Waals surface area contributed by atoms with Gasteiger partial charge in [-0.2, -0.15) is 0 Å². The van der Waals surface area contributed by atoms with E-state index in [0.717, 1.165) is 18.0 Å². The number of hydrogen-bond acceptors (Lipinski definition) is 2. The summed E-state index contributed by atoms with van der Waals surface area (Å²) in [4.78, 5) is 0. The fraction of sp³-hybridized carbons (Fsp3) is 1.00. The van der Waals surface area contributed by atoms with Gasteiger partial charge in [-0.15, -0.1) is 0 Å². The first-order valence-corrected chi connectivity index (χ1v) is 4.58. The average molecular weight is 155 g/mol. The molecule has 0 aromatic carbocycles. The maximum atomic E-state index is 5.21. The van der Waals surface area contributed by atoms with E-state index in [0.29, 0.717) is 6.10 Å². The summed E-state index contributed by atoms with van der Waals surface area (Å²) in [5, 5.41) is 3.62. The summed E-state index contributed by atoms with van der Waals surface area (Å²) in [5.41, 5.74) is 0. The summed E-state index contributed by atoms with van der Waals surface area (Å²) in [6.45, 7) is 2.31. The Labute approximate surface area is 68.3 Å². The molecule has 2 rings (SSSR count). The molecule has 0 saturated heterocycles. The van der Waals surface area contributed by atoms with E-state index in [-0.39, 0.29) is 0 Å². The Hall–Kier alpha value is -0.0800. The van der Waals surface area contributed by atoms with Gasteiger partial charge in [-0.25, -0.2) is 0 Å². The molecule has 0 aromatic heterocycles. The zero-order chi connectivity index (χ0) is 7.84. The van der Waals surface area contributed by atoms with E-state index >= 15 is 0 Å². The molecule has 2 atom stereocenters. The summed E-state index contributed by atoms with van der Waals surface area (Å²) in [6, 6.07) is 1.59. The van der Waals surface area contributed by atoms with Crippen molar-refractivity contribution in [3.8, 4) is 0 Å². The second kappa shape index (κ2) is 2.76. The van der Waals surface area contributed by atoms with E-state index in [2.05, 4.69) is 12.2 Å². The van der Waals surface area contributed by atoms with Crippen LogP contribution in [-0.4, -0.2) is 25.3 Å². The van der Waals surface area contributed by atoms with Crippen LogP contribution in [0.2, 0.25) is 0 Å². The van der Waals surface area contributed by atoms with Gasteiger partial charge in [-0.05, 0) is 25.2 Å². The molecule has 2 heteroatoms. The lowest BCUT2D eigenvalue weighted by molar-refractivity contribution is 0.0167. The highest BCUT2D eigenvalue weighted by Crippen LogP contribution is 2.33. The predicted molar refractivity (Wildman–Crippen MR) is 44.5 cm³/mol. The second-order valence-electron chi connectivity index (χ2n) is 4.01. The van der Waals surface area contributed by atoms with Crippen molar-refractivity contribution in [3.63, 3.8) is 0 Å². The maximum absolute atomic E-state index is 5.21. The molecule has 0 spiro atoms. The normalized spacial score (nSPS) is 48.5. The van der Waals surface area contributed by atoms with Crippen molar-refractivity contribution in [1.82, 2.24) is 5.32 Å². The molecule has 0 aliphatic heterocycles. The maximum Gasteiger partial charge on any atom is 0.0601 e. The monoisotopic (exact) mass is 155 g/mol. The van der Waals surface area contributed by atoms with Gasteiger partial charge in [0.15, 0.2) is 0 Å². The average Bonchev–Trinajstić information content (AvgIpc) is 2.56. The molecule has 0 unspecified atom stereocenters. The minimum Gasteiger partial charge on any atom is -0.381 e. The van der Waals surface area contributed by atoms with Crippen molar-refractivity contribution >= 4 is 0 Å². The van der Waals surface area contributed by atoms with Gasteiger partial charge in [0.05, 0.1) is 6.10 Å². The van der Waals surface area contributed by atoms with Gasteiger partial charge in [-0.1, -0.05) is 6.92 Å². The summed E-state index contributed by atoms with van der Waals surface area (Å²) in [7, 11) is 1.81. The number of nitrogens with one attached hydrogen (secondary N) is 1. The minimum atomic E-state index is 0.543. The molecular formula is C9H17NO. The van der Waals surface area contributed by atoms with Crippen LogP contribution in [-0.2, 0) is 4.74 Å². The van der Waals surface area contributed by atoms with Crippen molar-refractivity contribution in [2.75, 3.05) is 7.11 Å². The van der Waals surface area contributed by atoms with E-state index in [1.807, 2.05) is 0 Å². The number of methoxy groups -OCH3 is 1. The smallest absolute Gasteiger partial charge is 0.0601 e. The minimum absolute atomic E-state index is 0.543. The molecule has 0 heterocycles. The Morgan fingerprint density at radius 1 is 1.27 bits per heavy atom. The Morgan fingerprint density at radius 2 is 1.91 bits per heavy atom. The van der Waals surface area contributed by atoms with Crippen LogP contribution in [0, 0.1) is 5.92 Å². The Kier molecular flexibility index (Phi) is 1.90. The van der Waals surface area contributed by atoms with Crippen molar-refractivity contribution in [3.05, 3.63) is 0 Å². The van der Waals surface area contributed by atoms with E-state index in [1.54, 1.807) is 7.11 Å². The molecule has 1 N–H and O–H groups in total. The first-order chi connectivity index (χ1) is 5.29. The van der Waals surface area contributed by atoms with Crippen LogP contribution in [0.25, 0.3) is 0 Å². The number of ether oxygens (including phenoxy) is 1. The van der Waals surface area contributed by atoms with Crippen LogP contribution in [0.3, 0.4) is 0 Å². The SMILES string of the molecule is COC1CC(N[C@@H]2C[C@H]2C)C1. The highest BCUT2D eigenvalue weighted by molar-refractivity contribution is 4.96. The second-order valence-corrected chi connectivity index (χ2v) is 4.01. The van der Waals surface area contributed by atoms with Crippen molar-refractivity contribution in [1.29, 1.82) is 0 Å². The first-order valence-electron chi connectivity index (χ1n) is 4.58. The summed E-state index contributed by atoms with van der Waals surface area (Å²) in [5.74, 6) is 0.927. The lowest BCUT2D eigenvalue weighted by Crippen LogP contribution is -2.46. The quantitative estimate of drug-likeness (QED) is 0.660. The fourth-order valence-corrected chi connectivity index (χ4v) is 1.75. The van der Waals surface area contributed by atoms with Gasteiger partial charge < -0.3 is 10.1 Å². The molecule has 11 heavy (non-hydrogen) atoms. The fourth-order valence-electron chi connectivity index (χ4n) is 1.75. The number of hydrogen-bond donors (Lipinski definition) is 1. The molecule has 0 aromatic rings. The lowest BCUT2D eigenvalue weighted by atomic mass is 9.89. The lowest BCUT2D eigenvalue weighted by Gasteiger charge is -2.35. The third kappa shape index (κ3) is 1.57. The van der Waals surface area contributed by atoms with E-state index in [4.69, 9.17) is 4.74 Å². The molecule has 2 aliphatic rings. The Morgan fingerprint density at radius 3 is 2.36 bits per heavy atom. The van der Waals surface area contributed by atoms with Gasteiger partial charge in [0.1, 0.15) is 0 Å². The van der Waals surface area contributed by atoms with Crippen molar-refractivity contribution in [2.24, 2.45) is 5.92 Å². The van der Waals surface area contributed by atoms with Crippen molar-refractivity contribution in [2.45, 2.75) is 44.4 Å². The van der Waals surface area contributed by atoms with Gasteiger partial charge >= 0.3 is 0 Å². The molecule has 64 valence electrons. The van der Waals surface area contributed by atoms with Gasteiger partial charge in [0.2, 0.25) is 0 Å². The first kappa shape index (κ1) is 7.56. The summed E-state index contributed by atoms with van der Waals surface area (Å²) < 4.78 is 5.21. The molecule has 2 fully saturated rings. The van der Waals surface area contributed by atoms with Gasteiger partial charge in [-0.3, -0.25) is 0 Å². The summed E-state index contributed by atoms with van der Waals surface area (Å²) >= 11 is 0. The Bertz CT molecular complexity index is 142. The molecule has 0 bridgehead atoms. The molecule has 0 radical (unpaired) electrons. The standard InChI is InChI=1S/C9H17NO/c1-6-3-9(6)10-7-4-8(5-7)11-2/h6-10H,3-5H2,1-2H3/t6-,7?,8?,9-/m1/s1. The Balaban J connectivity index is 1.60. The third-order valence-corrected chi connectivity index (χ3v) is 2.99. The number of rotatable bonds is 3. The highest BCUT2D eigenvalue weighted by atomic mass is 16.5. The third-order valence-electron chi connectivity index (χ3n) is 2.99. The largest absolute Gasteiger partial charge is 0.381 e. The van der Waals surface area contributed by atoms with Crippen LogP contribution in [0.15, 0.2) is 0 Å². The van der Waals surface area contributed by atoms with Gasteiger partial charge in [0.25, 0.3) is 0 Å². The predicted octanol–water partition coefficient (Wildman–Crippen LogP) is 1.16. The van der Waals surface area contributed by atoms with Crippen LogP contribution < -0.4 is 5.32 Å². The molecule has 2 aliphatic carbocycles. The van der Waals surface area contributed by atoms with E-state index in [1.165, 1.54) is 19.3 Å². The zero-order valence-corrected chi connectivity index (χ0v) is 7.34.